The Morgan fingerprint density at radius 1 is 1.24 bits per heavy atom. The average molecular weight is 326 g/mol. The van der Waals surface area contributed by atoms with Gasteiger partial charge in [-0.05, 0) is 24.3 Å². The maximum atomic E-state index is 11.9. The first-order valence-corrected chi connectivity index (χ1v) is 6.51. The van der Waals surface area contributed by atoms with E-state index in [0.717, 1.165) is 0 Å². The second-order valence-electron chi connectivity index (χ2n) is 3.99. The molecular weight excluding hydrogens is 317 g/mol. The van der Waals surface area contributed by atoms with Crippen LogP contribution in [-0.2, 0) is 6.54 Å². The zero-order valence-corrected chi connectivity index (χ0v) is 12.0. The number of amides is 1. The van der Waals surface area contributed by atoms with Gasteiger partial charge in [0.2, 0.25) is 0 Å². The van der Waals surface area contributed by atoms with Crippen molar-refractivity contribution in [3.05, 3.63) is 57.6 Å². The summed E-state index contributed by atoms with van der Waals surface area (Å²) in [5, 5.41) is 11.7. The minimum atomic E-state index is -1.07. The maximum Gasteiger partial charge on any atom is 0.335 e. The van der Waals surface area contributed by atoms with E-state index in [2.05, 4.69) is 15.3 Å². The number of carbonyl (C=O) groups is 2. The summed E-state index contributed by atoms with van der Waals surface area (Å²) < 4.78 is 0. The molecule has 2 rings (SSSR count). The lowest BCUT2D eigenvalue weighted by Crippen LogP contribution is -2.24. The van der Waals surface area contributed by atoms with E-state index < -0.39 is 11.9 Å². The second-order valence-corrected chi connectivity index (χ2v) is 4.78. The van der Waals surface area contributed by atoms with Gasteiger partial charge in [-0.3, -0.25) is 9.78 Å². The third-order valence-corrected chi connectivity index (χ3v) is 3.04. The zero-order chi connectivity index (χ0) is 15.4. The minimum Gasteiger partial charge on any atom is -0.478 e. The summed E-state index contributed by atoms with van der Waals surface area (Å²) in [7, 11) is 0. The highest BCUT2D eigenvalue weighted by molar-refractivity contribution is 6.34. The van der Waals surface area contributed by atoms with Gasteiger partial charge in [0.15, 0.2) is 0 Å². The van der Waals surface area contributed by atoms with Crippen LogP contribution in [0.15, 0.2) is 30.5 Å². The molecule has 0 aliphatic carbocycles. The molecule has 108 valence electrons. The number of carboxylic acid groups (broad SMARTS) is 1. The summed E-state index contributed by atoms with van der Waals surface area (Å²) in [6.07, 6.45) is 1.36. The van der Waals surface area contributed by atoms with Crippen LogP contribution in [0.2, 0.25) is 10.2 Å². The smallest absolute Gasteiger partial charge is 0.335 e. The van der Waals surface area contributed by atoms with Gasteiger partial charge < -0.3 is 10.4 Å². The molecule has 0 saturated heterocycles. The average Bonchev–Trinajstić information content (AvgIpc) is 2.47. The molecule has 8 heteroatoms. The first kappa shape index (κ1) is 15.2. The number of carboxylic acids is 1. The van der Waals surface area contributed by atoms with Crippen LogP contribution in [0.3, 0.4) is 0 Å². The van der Waals surface area contributed by atoms with Crippen molar-refractivity contribution in [2.45, 2.75) is 6.54 Å². The summed E-state index contributed by atoms with van der Waals surface area (Å²) >= 11 is 11.6. The summed E-state index contributed by atoms with van der Waals surface area (Å²) in [6, 6.07) is 5.67. The van der Waals surface area contributed by atoms with Gasteiger partial charge >= 0.3 is 5.97 Å². The molecule has 0 fully saturated rings. The molecule has 0 aliphatic rings. The number of hydrogen-bond donors (Lipinski definition) is 2. The molecule has 0 saturated carbocycles. The van der Waals surface area contributed by atoms with Crippen LogP contribution >= 0.6 is 23.2 Å². The highest BCUT2D eigenvalue weighted by Gasteiger charge is 2.13. The van der Waals surface area contributed by atoms with Crippen molar-refractivity contribution in [2.24, 2.45) is 0 Å². The molecule has 1 amide bonds. The molecule has 0 aliphatic heterocycles. The Hall–Kier alpha value is -2.18. The predicted octanol–water partition coefficient (Wildman–Crippen LogP) is 2.41. The van der Waals surface area contributed by atoms with Crippen LogP contribution < -0.4 is 5.32 Å². The van der Waals surface area contributed by atoms with Crippen molar-refractivity contribution in [1.82, 2.24) is 15.3 Å². The second kappa shape index (κ2) is 6.51. The van der Waals surface area contributed by atoms with E-state index in [1.54, 1.807) is 0 Å². The fraction of sp³-hybridized carbons (Fsp3) is 0.0769. The Morgan fingerprint density at radius 2 is 2.00 bits per heavy atom. The molecule has 2 aromatic rings. The van der Waals surface area contributed by atoms with Crippen LogP contribution in [0.1, 0.15) is 26.5 Å². The quantitative estimate of drug-likeness (QED) is 0.842. The summed E-state index contributed by atoms with van der Waals surface area (Å²) in [6.45, 7) is 0.0461. The van der Waals surface area contributed by atoms with E-state index in [4.69, 9.17) is 28.3 Å². The van der Waals surface area contributed by atoms with E-state index in [-0.39, 0.29) is 28.0 Å². The molecule has 0 bridgehead atoms. The lowest BCUT2D eigenvalue weighted by molar-refractivity contribution is 0.0696. The first-order chi connectivity index (χ1) is 9.97. The van der Waals surface area contributed by atoms with E-state index in [9.17, 15) is 9.59 Å². The fourth-order valence-corrected chi connectivity index (χ4v) is 1.88. The Labute approximate surface area is 129 Å². The van der Waals surface area contributed by atoms with Gasteiger partial charge in [-0.1, -0.05) is 23.2 Å². The number of rotatable bonds is 4. The number of halogens is 2. The van der Waals surface area contributed by atoms with Gasteiger partial charge in [0.25, 0.3) is 5.91 Å². The van der Waals surface area contributed by atoms with E-state index in [0.29, 0.717) is 5.69 Å². The number of nitrogens with zero attached hydrogens (tertiary/aromatic N) is 2. The van der Waals surface area contributed by atoms with Crippen LogP contribution in [0.5, 0.6) is 0 Å². The van der Waals surface area contributed by atoms with Gasteiger partial charge in [0, 0.05) is 6.20 Å². The van der Waals surface area contributed by atoms with Crippen molar-refractivity contribution < 1.29 is 14.7 Å². The van der Waals surface area contributed by atoms with Crippen molar-refractivity contribution in [2.75, 3.05) is 0 Å². The van der Waals surface area contributed by atoms with Crippen molar-refractivity contribution in [3.63, 3.8) is 0 Å². The van der Waals surface area contributed by atoms with Crippen molar-refractivity contribution in [1.29, 1.82) is 0 Å². The van der Waals surface area contributed by atoms with Crippen molar-refractivity contribution >= 4 is 35.1 Å². The summed E-state index contributed by atoms with van der Waals surface area (Å²) in [5.74, 6) is -1.59. The number of carbonyl (C=O) groups excluding carboxylic acids is 1. The van der Waals surface area contributed by atoms with E-state index in [1.807, 2.05) is 0 Å². The van der Waals surface area contributed by atoms with Gasteiger partial charge in [-0.25, -0.2) is 9.78 Å². The van der Waals surface area contributed by atoms with Gasteiger partial charge in [0.1, 0.15) is 10.8 Å². The largest absolute Gasteiger partial charge is 0.478 e. The molecule has 0 aromatic carbocycles. The fourth-order valence-electron chi connectivity index (χ4n) is 1.54. The Balaban J connectivity index is 2.09. The van der Waals surface area contributed by atoms with E-state index in [1.165, 1.54) is 30.5 Å². The monoisotopic (exact) mass is 325 g/mol. The third-order valence-electron chi connectivity index (χ3n) is 2.52. The highest BCUT2D eigenvalue weighted by Crippen LogP contribution is 2.16. The number of aromatic carboxylic acids is 1. The molecule has 21 heavy (non-hydrogen) atoms. The molecule has 0 spiro atoms. The van der Waals surface area contributed by atoms with Gasteiger partial charge in [-0.15, -0.1) is 0 Å². The van der Waals surface area contributed by atoms with Crippen molar-refractivity contribution in [3.8, 4) is 0 Å². The van der Waals surface area contributed by atoms with Crippen LogP contribution in [0.25, 0.3) is 0 Å². The molecule has 2 aromatic heterocycles. The lowest BCUT2D eigenvalue weighted by atomic mass is 10.2. The number of hydrogen-bond acceptors (Lipinski definition) is 4. The summed E-state index contributed by atoms with van der Waals surface area (Å²) in [4.78, 5) is 30.6. The third kappa shape index (κ3) is 3.90. The summed E-state index contributed by atoms with van der Waals surface area (Å²) in [5.41, 5.74) is 0.494. The van der Waals surface area contributed by atoms with Gasteiger partial charge in [0.05, 0.1) is 22.8 Å². The first-order valence-electron chi connectivity index (χ1n) is 5.76. The van der Waals surface area contributed by atoms with Crippen LogP contribution in [-0.4, -0.2) is 27.0 Å². The Bertz CT molecular complexity index is 707. The maximum absolute atomic E-state index is 11.9. The topological polar surface area (TPSA) is 92.2 Å². The molecule has 0 atom stereocenters. The number of pyridine rings is 2. The molecule has 2 N–H and O–H groups in total. The SMILES string of the molecule is O=C(O)c1ccnc(CNC(=O)c2nc(Cl)ccc2Cl)c1. The molecular formula is C13H9Cl2N3O3. The van der Waals surface area contributed by atoms with Gasteiger partial charge in [-0.2, -0.15) is 0 Å². The van der Waals surface area contributed by atoms with Crippen LogP contribution in [0.4, 0.5) is 0 Å². The zero-order valence-electron chi connectivity index (χ0n) is 10.5. The van der Waals surface area contributed by atoms with Crippen LogP contribution in [0, 0.1) is 0 Å². The normalized spacial score (nSPS) is 10.2. The lowest BCUT2D eigenvalue weighted by Gasteiger charge is -2.06. The predicted molar refractivity (Wildman–Crippen MR) is 76.6 cm³/mol. The number of nitrogens with one attached hydrogen (secondary N) is 1. The minimum absolute atomic E-state index is 0.00134. The molecule has 0 radical (unpaired) electrons. The number of aromatic nitrogens is 2. The Morgan fingerprint density at radius 3 is 2.71 bits per heavy atom. The van der Waals surface area contributed by atoms with E-state index >= 15 is 0 Å². The molecule has 2 heterocycles. The standard InChI is InChI=1S/C13H9Cl2N3O3/c14-9-1-2-10(15)18-11(9)12(19)17-6-8-5-7(13(20)21)3-4-16-8/h1-5H,6H2,(H,17,19)(H,20,21). The Kier molecular flexibility index (Phi) is 4.72. The highest BCUT2D eigenvalue weighted by atomic mass is 35.5. The molecule has 6 nitrogen and oxygen atoms in total. The molecule has 0 unspecified atom stereocenters.